The fourth-order valence-corrected chi connectivity index (χ4v) is 3.41. The number of aromatic nitrogens is 4. The molecule has 0 amide bonds. The quantitative estimate of drug-likeness (QED) is 0.624. The highest BCUT2D eigenvalue weighted by Gasteiger charge is 2.37. The van der Waals surface area contributed by atoms with Crippen LogP contribution in [0.15, 0.2) is 42.6 Å². The highest BCUT2D eigenvalue weighted by Crippen LogP contribution is 2.33. The molecule has 9 heteroatoms. The molecule has 1 aliphatic carbocycles. The second kappa shape index (κ2) is 9.44. The number of hydrogen-bond donors (Lipinski definition) is 2. The number of phenols is 1. The first-order chi connectivity index (χ1) is 15.5. The third-order valence-corrected chi connectivity index (χ3v) is 5.69. The topological polar surface area (TPSA) is 110 Å². The third kappa shape index (κ3) is 5.11. The number of anilines is 1. The van der Waals surface area contributed by atoms with Gasteiger partial charge in [0.05, 0.1) is 19.0 Å². The highest BCUT2D eigenvalue weighted by atomic mass is 19.1. The Morgan fingerprint density at radius 2 is 1.84 bits per heavy atom. The largest absolute Gasteiger partial charge is 0.507 e. The SMILES string of the molecule is COc1cc(-c2ccc(-c3ccc(N4CCCC4)nn3)c(O)c2)cnn1.NC1(CF)CC1. The third-order valence-electron chi connectivity index (χ3n) is 5.69. The lowest BCUT2D eigenvalue weighted by Crippen LogP contribution is -2.23. The van der Waals surface area contributed by atoms with Crippen molar-refractivity contribution in [2.45, 2.75) is 31.2 Å². The number of rotatable bonds is 5. The number of alkyl halides is 1. The van der Waals surface area contributed by atoms with Crippen molar-refractivity contribution in [3.05, 3.63) is 42.6 Å². The van der Waals surface area contributed by atoms with Gasteiger partial charge in [0, 0.05) is 35.8 Å². The second-order valence-corrected chi connectivity index (χ2v) is 8.19. The number of nitrogens with zero attached hydrogens (tertiary/aromatic N) is 5. The zero-order valence-electron chi connectivity index (χ0n) is 18.0. The summed E-state index contributed by atoms with van der Waals surface area (Å²) in [5.41, 5.74) is 7.81. The molecule has 2 aromatic heterocycles. The average Bonchev–Trinajstić information content (AvgIpc) is 3.34. The summed E-state index contributed by atoms with van der Waals surface area (Å²) in [4.78, 5) is 2.23. The monoisotopic (exact) mass is 438 g/mol. The van der Waals surface area contributed by atoms with E-state index < -0.39 is 0 Å². The van der Waals surface area contributed by atoms with E-state index in [-0.39, 0.29) is 18.0 Å². The van der Waals surface area contributed by atoms with E-state index in [2.05, 4.69) is 25.3 Å². The van der Waals surface area contributed by atoms with Gasteiger partial charge in [0.1, 0.15) is 12.4 Å². The van der Waals surface area contributed by atoms with Crippen LogP contribution in [0.2, 0.25) is 0 Å². The van der Waals surface area contributed by atoms with E-state index in [0.29, 0.717) is 17.1 Å². The van der Waals surface area contributed by atoms with Gasteiger partial charge in [-0.1, -0.05) is 6.07 Å². The zero-order valence-corrected chi connectivity index (χ0v) is 18.0. The van der Waals surface area contributed by atoms with Gasteiger partial charge in [0.15, 0.2) is 5.82 Å². The molecule has 0 radical (unpaired) electrons. The van der Waals surface area contributed by atoms with Crippen LogP contribution >= 0.6 is 0 Å². The van der Waals surface area contributed by atoms with Crippen molar-refractivity contribution in [1.29, 1.82) is 0 Å². The van der Waals surface area contributed by atoms with Crippen LogP contribution < -0.4 is 15.4 Å². The maximum absolute atomic E-state index is 11.4. The molecular weight excluding hydrogens is 411 g/mol. The van der Waals surface area contributed by atoms with Crippen molar-refractivity contribution < 1.29 is 14.2 Å². The fourth-order valence-electron chi connectivity index (χ4n) is 3.41. The summed E-state index contributed by atoms with van der Waals surface area (Å²) in [6.45, 7) is 1.71. The molecule has 5 rings (SSSR count). The van der Waals surface area contributed by atoms with E-state index >= 15 is 0 Å². The molecule has 0 unspecified atom stereocenters. The molecule has 32 heavy (non-hydrogen) atoms. The Hall–Kier alpha value is -3.33. The summed E-state index contributed by atoms with van der Waals surface area (Å²) in [7, 11) is 1.54. The molecule has 1 saturated heterocycles. The lowest BCUT2D eigenvalue weighted by atomic mass is 10.0. The van der Waals surface area contributed by atoms with Crippen molar-refractivity contribution in [2.75, 3.05) is 31.8 Å². The van der Waals surface area contributed by atoms with E-state index in [0.717, 1.165) is 42.9 Å². The Morgan fingerprint density at radius 1 is 1.06 bits per heavy atom. The summed E-state index contributed by atoms with van der Waals surface area (Å²) >= 11 is 0. The van der Waals surface area contributed by atoms with Gasteiger partial charge in [0.2, 0.25) is 5.88 Å². The van der Waals surface area contributed by atoms with Crippen molar-refractivity contribution >= 4 is 5.82 Å². The standard InChI is InChI=1S/C19H19N5O2.C4H8FN/c1-26-19-11-14(12-20-23-19)13-4-5-15(17(25)10-13)16-6-7-18(22-21-16)24-8-2-3-9-24;5-3-4(6)1-2-4/h4-7,10-12,25H,2-3,8-9H2,1H3;1-3,6H2. The molecule has 3 N–H and O–H groups in total. The molecule has 0 spiro atoms. The van der Waals surface area contributed by atoms with E-state index in [9.17, 15) is 9.50 Å². The number of halogens is 1. The van der Waals surface area contributed by atoms with Gasteiger partial charge in [-0.3, -0.25) is 0 Å². The molecule has 0 atom stereocenters. The Bertz CT molecular complexity index is 1050. The summed E-state index contributed by atoms with van der Waals surface area (Å²) in [6.07, 6.45) is 5.77. The van der Waals surface area contributed by atoms with E-state index in [1.54, 1.807) is 25.4 Å². The first-order valence-electron chi connectivity index (χ1n) is 10.7. The van der Waals surface area contributed by atoms with Crippen LogP contribution in [-0.2, 0) is 0 Å². The second-order valence-electron chi connectivity index (χ2n) is 8.19. The van der Waals surface area contributed by atoms with Crippen LogP contribution in [-0.4, -0.2) is 57.9 Å². The molecule has 3 aromatic rings. The molecule has 2 aliphatic rings. The predicted octanol–water partition coefficient (Wildman–Crippen LogP) is 3.36. The van der Waals surface area contributed by atoms with Gasteiger partial charge >= 0.3 is 0 Å². The number of aromatic hydroxyl groups is 1. The maximum Gasteiger partial charge on any atom is 0.233 e. The van der Waals surface area contributed by atoms with E-state index in [4.69, 9.17) is 10.5 Å². The molecule has 2 fully saturated rings. The van der Waals surface area contributed by atoms with Crippen LogP contribution in [0.4, 0.5) is 10.2 Å². The van der Waals surface area contributed by atoms with Gasteiger partial charge in [-0.05, 0) is 55.5 Å². The molecule has 0 bridgehead atoms. The lowest BCUT2D eigenvalue weighted by molar-refractivity contribution is 0.392. The van der Waals surface area contributed by atoms with Crippen LogP contribution in [0.25, 0.3) is 22.4 Å². The van der Waals surface area contributed by atoms with Crippen LogP contribution in [0.1, 0.15) is 25.7 Å². The lowest BCUT2D eigenvalue weighted by Gasteiger charge is -2.15. The number of hydrogen-bond acceptors (Lipinski definition) is 8. The first-order valence-corrected chi connectivity index (χ1v) is 10.7. The van der Waals surface area contributed by atoms with E-state index in [1.165, 1.54) is 12.8 Å². The van der Waals surface area contributed by atoms with E-state index in [1.807, 2.05) is 24.3 Å². The minimum absolute atomic E-state index is 0.140. The molecule has 168 valence electrons. The highest BCUT2D eigenvalue weighted by molar-refractivity contribution is 5.74. The van der Waals surface area contributed by atoms with Crippen molar-refractivity contribution in [2.24, 2.45) is 5.73 Å². The van der Waals surface area contributed by atoms with Crippen LogP contribution in [0.5, 0.6) is 11.6 Å². The molecule has 1 saturated carbocycles. The first kappa shape index (κ1) is 21.9. The number of benzene rings is 1. The van der Waals surface area contributed by atoms with Gasteiger partial charge in [-0.2, -0.15) is 5.10 Å². The van der Waals surface area contributed by atoms with Crippen molar-refractivity contribution in [1.82, 2.24) is 20.4 Å². The van der Waals surface area contributed by atoms with Crippen molar-refractivity contribution in [3.8, 4) is 34.0 Å². The fraction of sp³-hybridized carbons (Fsp3) is 0.391. The van der Waals surface area contributed by atoms with Crippen molar-refractivity contribution in [3.63, 3.8) is 0 Å². The summed E-state index contributed by atoms with van der Waals surface area (Å²) in [5.74, 6) is 1.45. The molecule has 3 heterocycles. The number of ether oxygens (including phenoxy) is 1. The number of methoxy groups -OCH3 is 1. The Balaban J connectivity index is 0.000000354. The van der Waals surface area contributed by atoms with Gasteiger partial charge in [-0.25, -0.2) is 4.39 Å². The van der Waals surface area contributed by atoms with Gasteiger partial charge < -0.3 is 20.5 Å². The molecule has 1 aliphatic heterocycles. The Kier molecular flexibility index (Phi) is 6.45. The minimum Gasteiger partial charge on any atom is -0.507 e. The summed E-state index contributed by atoms with van der Waals surface area (Å²) in [6, 6.07) is 11.0. The molecular formula is C23H27FN6O2. The molecule has 8 nitrogen and oxygen atoms in total. The molecule has 1 aromatic carbocycles. The van der Waals surface area contributed by atoms with Crippen LogP contribution in [0, 0.1) is 0 Å². The zero-order chi connectivity index (χ0) is 22.6. The van der Waals surface area contributed by atoms with Gasteiger partial charge in [-0.15, -0.1) is 15.3 Å². The summed E-state index contributed by atoms with van der Waals surface area (Å²) in [5, 5.41) is 26.8. The summed E-state index contributed by atoms with van der Waals surface area (Å²) < 4.78 is 16.5. The predicted molar refractivity (Wildman–Crippen MR) is 120 cm³/mol. The number of nitrogens with two attached hydrogens (primary N) is 1. The Labute approximate surface area is 186 Å². The Morgan fingerprint density at radius 3 is 2.41 bits per heavy atom. The maximum atomic E-state index is 11.4. The normalized spacial score (nSPS) is 16.3. The minimum atomic E-state index is -0.375. The smallest absolute Gasteiger partial charge is 0.233 e. The average molecular weight is 439 g/mol. The van der Waals surface area contributed by atoms with Crippen LogP contribution in [0.3, 0.4) is 0 Å². The number of phenolic OH excluding ortho intramolecular Hbond substituents is 1. The van der Waals surface area contributed by atoms with Gasteiger partial charge in [0.25, 0.3) is 0 Å².